The van der Waals surface area contributed by atoms with Crippen LogP contribution in [0.3, 0.4) is 0 Å². The number of rotatable bonds is 5. The minimum absolute atomic E-state index is 0.0561. The number of anilines is 1. The number of nitrogens with one attached hydrogen (secondary N) is 3. The average molecular weight is 369 g/mol. The van der Waals surface area contributed by atoms with E-state index in [1.165, 1.54) is 16.5 Å². The molecule has 0 aliphatic carbocycles. The van der Waals surface area contributed by atoms with Gasteiger partial charge in [0.25, 0.3) is 0 Å². The van der Waals surface area contributed by atoms with Gasteiger partial charge in [0.05, 0.1) is 0 Å². The fourth-order valence-corrected chi connectivity index (χ4v) is 3.57. The van der Waals surface area contributed by atoms with Gasteiger partial charge in [0.2, 0.25) is 0 Å². The Bertz CT molecular complexity index is 1090. The van der Waals surface area contributed by atoms with Crippen molar-refractivity contribution >= 4 is 22.6 Å². The maximum atomic E-state index is 12.5. The second kappa shape index (κ2) is 8.01. The van der Waals surface area contributed by atoms with E-state index >= 15 is 0 Å². The van der Waals surface area contributed by atoms with Crippen LogP contribution in [0.5, 0.6) is 0 Å². The standard InChI is InChI=1S/C24H23N3O/c1-17-8-7-11-19(14-17)27-24(28)26-15-21(18-9-3-2-4-10-18)22-16-25-23-13-6-5-12-20(22)23/h2-14,16,21,25H,15H2,1H3,(H2,26,27,28)/t21-/m1/s1. The number of benzene rings is 3. The minimum atomic E-state index is -0.202. The van der Waals surface area contributed by atoms with Gasteiger partial charge in [-0.3, -0.25) is 0 Å². The van der Waals surface area contributed by atoms with Gasteiger partial charge >= 0.3 is 6.03 Å². The molecule has 0 unspecified atom stereocenters. The molecule has 0 spiro atoms. The maximum Gasteiger partial charge on any atom is 0.319 e. The Hall–Kier alpha value is -3.53. The molecule has 0 aliphatic rings. The van der Waals surface area contributed by atoms with Crippen LogP contribution < -0.4 is 10.6 Å². The van der Waals surface area contributed by atoms with Gasteiger partial charge < -0.3 is 15.6 Å². The highest BCUT2D eigenvalue weighted by atomic mass is 16.2. The maximum absolute atomic E-state index is 12.5. The molecule has 0 fully saturated rings. The molecule has 4 rings (SSSR count). The van der Waals surface area contributed by atoms with E-state index in [1.54, 1.807) is 0 Å². The van der Waals surface area contributed by atoms with E-state index in [0.29, 0.717) is 6.54 Å². The second-order valence-corrected chi connectivity index (χ2v) is 6.96. The van der Waals surface area contributed by atoms with E-state index in [2.05, 4.69) is 39.9 Å². The molecule has 1 aromatic heterocycles. The van der Waals surface area contributed by atoms with Gasteiger partial charge in [-0.2, -0.15) is 0 Å². The molecule has 4 aromatic rings. The highest BCUT2D eigenvalue weighted by Crippen LogP contribution is 2.30. The van der Waals surface area contributed by atoms with Gasteiger partial charge in [-0.25, -0.2) is 4.79 Å². The van der Waals surface area contributed by atoms with Gasteiger partial charge in [-0.1, -0.05) is 60.7 Å². The molecule has 0 aliphatic heterocycles. The quantitative estimate of drug-likeness (QED) is 0.432. The first-order valence-electron chi connectivity index (χ1n) is 9.43. The third kappa shape index (κ3) is 3.91. The first-order chi connectivity index (χ1) is 13.7. The summed E-state index contributed by atoms with van der Waals surface area (Å²) in [7, 11) is 0. The fraction of sp³-hybridized carbons (Fsp3) is 0.125. The molecule has 0 saturated heterocycles. The largest absolute Gasteiger partial charge is 0.361 e. The van der Waals surface area contributed by atoms with Crippen LogP contribution in [0.25, 0.3) is 10.9 Å². The molecular weight excluding hydrogens is 346 g/mol. The van der Waals surface area contributed by atoms with Crippen molar-refractivity contribution in [2.75, 3.05) is 11.9 Å². The zero-order valence-corrected chi connectivity index (χ0v) is 15.8. The minimum Gasteiger partial charge on any atom is -0.361 e. The number of aryl methyl sites for hydroxylation is 1. The summed E-state index contributed by atoms with van der Waals surface area (Å²) < 4.78 is 0. The van der Waals surface area contributed by atoms with Gasteiger partial charge in [-0.15, -0.1) is 0 Å². The molecule has 0 bridgehead atoms. The molecule has 0 radical (unpaired) electrons. The molecule has 3 N–H and O–H groups in total. The number of fused-ring (bicyclic) bond motifs is 1. The van der Waals surface area contributed by atoms with Crippen LogP contribution >= 0.6 is 0 Å². The molecule has 3 aromatic carbocycles. The SMILES string of the molecule is Cc1cccc(NC(=O)NC[C@H](c2ccccc2)c2c[nH]c3ccccc23)c1. The van der Waals surface area contributed by atoms with E-state index in [-0.39, 0.29) is 11.9 Å². The molecule has 4 heteroatoms. The molecule has 0 saturated carbocycles. The molecular formula is C24H23N3O. The van der Waals surface area contributed by atoms with E-state index in [9.17, 15) is 4.79 Å². The van der Waals surface area contributed by atoms with Crippen molar-refractivity contribution in [1.29, 1.82) is 0 Å². The Kier molecular flexibility index (Phi) is 5.11. The summed E-state index contributed by atoms with van der Waals surface area (Å²) in [5.74, 6) is 0.0561. The summed E-state index contributed by atoms with van der Waals surface area (Å²) in [5, 5.41) is 7.13. The van der Waals surface area contributed by atoms with Crippen molar-refractivity contribution in [2.24, 2.45) is 0 Å². The molecule has 1 heterocycles. The molecule has 4 nitrogen and oxygen atoms in total. The number of hydrogen-bond donors (Lipinski definition) is 3. The van der Waals surface area contributed by atoms with Crippen LogP contribution in [0.2, 0.25) is 0 Å². The summed E-state index contributed by atoms with van der Waals surface area (Å²) in [6.45, 7) is 2.51. The zero-order valence-electron chi connectivity index (χ0n) is 15.8. The van der Waals surface area contributed by atoms with Crippen LogP contribution in [0.1, 0.15) is 22.6 Å². The third-order valence-corrected chi connectivity index (χ3v) is 4.94. The number of hydrogen-bond acceptors (Lipinski definition) is 1. The average Bonchev–Trinajstić information content (AvgIpc) is 3.13. The highest BCUT2D eigenvalue weighted by Gasteiger charge is 2.19. The van der Waals surface area contributed by atoms with Crippen LogP contribution in [0.4, 0.5) is 10.5 Å². The topological polar surface area (TPSA) is 56.9 Å². The van der Waals surface area contributed by atoms with E-state index < -0.39 is 0 Å². The first-order valence-corrected chi connectivity index (χ1v) is 9.43. The van der Waals surface area contributed by atoms with E-state index in [1.807, 2.05) is 67.7 Å². The Balaban J connectivity index is 1.56. The monoisotopic (exact) mass is 369 g/mol. The number of aromatic nitrogens is 1. The summed E-state index contributed by atoms with van der Waals surface area (Å²) in [4.78, 5) is 15.8. The lowest BCUT2D eigenvalue weighted by Gasteiger charge is -2.18. The summed E-state index contributed by atoms with van der Waals surface area (Å²) >= 11 is 0. The van der Waals surface area contributed by atoms with Crippen LogP contribution in [0, 0.1) is 6.92 Å². The zero-order chi connectivity index (χ0) is 19.3. The lowest BCUT2D eigenvalue weighted by Crippen LogP contribution is -2.32. The Labute approximate surface area is 164 Å². The van der Waals surface area contributed by atoms with Crippen molar-refractivity contribution in [2.45, 2.75) is 12.8 Å². The summed E-state index contributed by atoms with van der Waals surface area (Å²) in [5.41, 5.74) is 5.35. The van der Waals surface area contributed by atoms with Crippen molar-refractivity contribution in [3.8, 4) is 0 Å². The summed E-state index contributed by atoms with van der Waals surface area (Å²) in [6.07, 6.45) is 2.04. The van der Waals surface area contributed by atoms with Gasteiger partial charge in [0.1, 0.15) is 0 Å². The van der Waals surface area contributed by atoms with Crippen LogP contribution in [0.15, 0.2) is 85.1 Å². The molecule has 2 amide bonds. The Morgan fingerprint density at radius 2 is 1.75 bits per heavy atom. The van der Waals surface area contributed by atoms with Crippen molar-refractivity contribution in [1.82, 2.24) is 10.3 Å². The fourth-order valence-electron chi connectivity index (χ4n) is 3.57. The number of carbonyl (C=O) groups excluding carboxylic acids is 1. The highest BCUT2D eigenvalue weighted by molar-refractivity contribution is 5.89. The van der Waals surface area contributed by atoms with Crippen molar-refractivity contribution < 1.29 is 4.79 Å². The Morgan fingerprint density at radius 1 is 0.964 bits per heavy atom. The van der Waals surface area contributed by atoms with Crippen LogP contribution in [-0.2, 0) is 0 Å². The number of aromatic amines is 1. The second-order valence-electron chi connectivity index (χ2n) is 6.96. The van der Waals surface area contributed by atoms with Gasteiger partial charge in [0.15, 0.2) is 0 Å². The predicted octanol–water partition coefficient (Wildman–Crippen LogP) is 5.43. The lowest BCUT2D eigenvalue weighted by molar-refractivity contribution is 0.252. The predicted molar refractivity (Wildman–Crippen MR) is 115 cm³/mol. The number of urea groups is 1. The van der Waals surface area contributed by atoms with Gasteiger partial charge in [0, 0.05) is 35.2 Å². The third-order valence-electron chi connectivity index (χ3n) is 4.94. The number of carbonyl (C=O) groups is 1. The molecule has 1 atom stereocenters. The van der Waals surface area contributed by atoms with Crippen LogP contribution in [-0.4, -0.2) is 17.6 Å². The number of amides is 2. The number of para-hydroxylation sites is 1. The number of H-pyrrole nitrogens is 1. The lowest BCUT2D eigenvalue weighted by atomic mass is 9.91. The smallest absolute Gasteiger partial charge is 0.319 e. The normalized spacial score (nSPS) is 11.9. The van der Waals surface area contributed by atoms with Gasteiger partial charge in [-0.05, 0) is 41.8 Å². The Morgan fingerprint density at radius 3 is 2.57 bits per heavy atom. The van der Waals surface area contributed by atoms with E-state index in [4.69, 9.17) is 0 Å². The first kappa shape index (κ1) is 17.9. The molecule has 28 heavy (non-hydrogen) atoms. The molecule has 140 valence electrons. The van der Waals surface area contributed by atoms with Crippen molar-refractivity contribution in [3.63, 3.8) is 0 Å². The summed E-state index contributed by atoms with van der Waals surface area (Å²) in [6, 6.07) is 26.1. The van der Waals surface area contributed by atoms with E-state index in [0.717, 1.165) is 16.8 Å². The van der Waals surface area contributed by atoms with Crippen molar-refractivity contribution in [3.05, 3.63) is 102 Å².